The number of hydrogen-bond acceptors (Lipinski definition) is 3. The second-order valence-corrected chi connectivity index (χ2v) is 3.32. The van der Waals surface area contributed by atoms with Crippen LogP contribution in [0.2, 0.25) is 0 Å². The number of carbonyl (C=O) groups excluding carboxylic acids is 1. The first kappa shape index (κ1) is 11.8. The average Bonchev–Trinajstić information content (AvgIpc) is 2.29. The number of esters is 1. The first-order valence-corrected chi connectivity index (χ1v) is 4.82. The van der Waals surface area contributed by atoms with E-state index in [4.69, 9.17) is 16.4 Å². The molecule has 0 saturated carbocycles. The lowest BCUT2D eigenvalue weighted by molar-refractivity contribution is 0.0352. The summed E-state index contributed by atoms with van der Waals surface area (Å²) in [6.45, 7) is 1.73. The number of ether oxygens (including phenoxy) is 1. The van der Waals surface area contributed by atoms with Gasteiger partial charge in [-0.15, -0.1) is 12.3 Å². The summed E-state index contributed by atoms with van der Waals surface area (Å²) in [5.74, 6) is 1.96. The van der Waals surface area contributed by atoms with Gasteiger partial charge in [0.15, 0.2) is 0 Å². The van der Waals surface area contributed by atoms with Crippen molar-refractivity contribution < 1.29 is 9.53 Å². The van der Waals surface area contributed by atoms with Crippen molar-refractivity contribution >= 4 is 5.97 Å². The molecule has 0 heterocycles. The normalized spacial score (nSPS) is 10.9. The van der Waals surface area contributed by atoms with Crippen LogP contribution in [-0.4, -0.2) is 12.1 Å². The van der Waals surface area contributed by atoms with E-state index >= 15 is 0 Å². The smallest absolute Gasteiger partial charge is 0.338 e. The van der Waals surface area contributed by atoms with Gasteiger partial charge in [-0.1, -0.05) is 6.07 Å². The van der Waals surface area contributed by atoms with Crippen molar-refractivity contribution in [2.24, 2.45) is 0 Å². The van der Waals surface area contributed by atoms with Crippen LogP contribution < -0.4 is 0 Å². The molecule has 0 radical (unpaired) electrons. The summed E-state index contributed by atoms with van der Waals surface area (Å²) >= 11 is 0. The molecule has 0 aromatic heterocycles. The molecule has 0 aliphatic rings. The van der Waals surface area contributed by atoms with Crippen LogP contribution in [0.3, 0.4) is 0 Å². The Bertz CT molecular complexity index is 466. The number of nitrogens with zero attached hydrogens (tertiary/aromatic N) is 1. The number of hydrogen-bond donors (Lipinski definition) is 0. The quantitative estimate of drug-likeness (QED) is 0.571. The molecule has 0 aliphatic carbocycles. The maximum atomic E-state index is 11.6. The predicted octanol–water partition coefficient (Wildman–Crippen LogP) is 2.13. The van der Waals surface area contributed by atoms with Crippen LogP contribution in [0.1, 0.15) is 29.3 Å². The predicted molar refractivity (Wildman–Crippen MR) is 59.5 cm³/mol. The molecular formula is C13H11NO2. The van der Waals surface area contributed by atoms with Crippen LogP contribution in [0.25, 0.3) is 0 Å². The summed E-state index contributed by atoms with van der Waals surface area (Å²) in [5.41, 5.74) is 0.793. The van der Waals surface area contributed by atoms with Gasteiger partial charge < -0.3 is 4.74 Å². The Labute approximate surface area is 94.7 Å². The number of rotatable bonds is 3. The molecular weight excluding hydrogens is 202 g/mol. The summed E-state index contributed by atoms with van der Waals surface area (Å²) in [6, 6.07) is 8.32. The van der Waals surface area contributed by atoms with Gasteiger partial charge in [0, 0.05) is 6.42 Å². The molecule has 16 heavy (non-hydrogen) atoms. The molecule has 0 amide bonds. The van der Waals surface area contributed by atoms with Gasteiger partial charge in [-0.05, 0) is 25.1 Å². The van der Waals surface area contributed by atoms with E-state index in [1.54, 1.807) is 25.1 Å². The van der Waals surface area contributed by atoms with Gasteiger partial charge in [-0.25, -0.2) is 4.79 Å². The Morgan fingerprint density at radius 2 is 2.38 bits per heavy atom. The maximum absolute atomic E-state index is 11.6. The average molecular weight is 213 g/mol. The van der Waals surface area contributed by atoms with E-state index in [9.17, 15) is 4.79 Å². The van der Waals surface area contributed by atoms with E-state index < -0.39 is 5.97 Å². The molecule has 0 unspecified atom stereocenters. The molecule has 0 spiro atoms. The van der Waals surface area contributed by atoms with Crippen LogP contribution in [-0.2, 0) is 4.74 Å². The monoisotopic (exact) mass is 213 g/mol. The second-order valence-electron chi connectivity index (χ2n) is 3.32. The maximum Gasteiger partial charge on any atom is 0.338 e. The minimum atomic E-state index is -0.458. The Balaban J connectivity index is 2.74. The first-order valence-electron chi connectivity index (χ1n) is 4.82. The van der Waals surface area contributed by atoms with E-state index in [0.29, 0.717) is 17.5 Å². The van der Waals surface area contributed by atoms with Gasteiger partial charge in [0.25, 0.3) is 0 Å². The van der Waals surface area contributed by atoms with E-state index in [1.807, 2.05) is 6.07 Å². The molecule has 1 rings (SSSR count). The van der Waals surface area contributed by atoms with E-state index in [0.717, 1.165) is 0 Å². The van der Waals surface area contributed by atoms with Gasteiger partial charge in [0.2, 0.25) is 0 Å². The largest absolute Gasteiger partial charge is 0.458 e. The summed E-state index contributed by atoms with van der Waals surface area (Å²) in [7, 11) is 0. The van der Waals surface area contributed by atoms with Crippen LogP contribution in [0.15, 0.2) is 24.3 Å². The van der Waals surface area contributed by atoms with Crippen LogP contribution in [0, 0.1) is 23.7 Å². The number of nitriles is 1. The highest BCUT2D eigenvalue weighted by atomic mass is 16.5. The van der Waals surface area contributed by atoms with Crippen LogP contribution in [0.4, 0.5) is 0 Å². The highest BCUT2D eigenvalue weighted by Gasteiger charge is 2.11. The molecule has 1 aromatic carbocycles. The molecule has 1 aromatic rings. The molecule has 3 heteroatoms. The topological polar surface area (TPSA) is 50.1 Å². The highest BCUT2D eigenvalue weighted by Crippen LogP contribution is 2.08. The SMILES string of the molecule is C#CC[C@H](C)OC(=O)c1cccc(C#N)c1. The third-order valence-electron chi connectivity index (χ3n) is 1.94. The summed E-state index contributed by atoms with van der Waals surface area (Å²) in [6.07, 6.45) is 5.17. The van der Waals surface area contributed by atoms with Crippen LogP contribution >= 0.6 is 0 Å². The summed E-state index contributed by atoms with van der Waals surface area (Å²) < 4.78 is 5.09. The lowest BCUT2D eigenvalue weighted by atomic mass is 10.1. The fraction of sp³-hybridized carbons (Fsp3) is 0.231. The molecule has 0 fully saturated rings. The molecule has 3 nitrogen and oxygen atoms in total. The van der Waals surface area contributed by atoms with Crippen molar-refractivity contribution in [1.29, 1.82) is 5.26 Å². The van der Waals surface area contributed by atoms with Crippen molar-refractivity contribution in [3.05, 3.63) is 35.4 Å². The summed E-state index contributed by atoms with van der Waals surface area (Å²) in [4.78, 5) is 11.6. The number of benzene rings is 1. The fourth-order valence-electron chi connectivity index (χ4n) is 1.17. The van der Waals surface area contributed by atoms with Crippen molar-refractivity contribution in [2.75, 3.05) is 0 Å². The zero-order valence-corrected chi connectivity index (χ0v) is 8.93. The lowest BCUT2D eigenvalue weighted by Gasteiger charge is -2.10. The zero-order chi connectivity index (χ0) is 12.0. The van der Waals surface area contributed by atoms with Gasteiger partial charge in [-0.3, -0.25) is 0 Å². The van der Waals surface area contributed by atoms with Crippen molar-refractivity contribution in [1.82, 2.24) is 0 Å². The Hall–Kier alpha value is -2.26. The van der Waals surface area contributed by atoms with Gasteiger partial charge in [-0.2, -0.15) is 5.26 Å². The van der Waals surface area contributed by atoms with E-state index in [-0.39, 0.29) is 6.10 Å². The van der Waals surface area contributed by atoms with Crippen molar-refractivity contribution in [3.8, 4) is 18.4 Å². The highest BCUT2D eigenvalue weighted by molar-refractivity contribution is 5.89. The summed E-state index contributed by atoms with van der Waals surface area (Å²) in [5, 5.41) is 8.68. The Morgan fingerprint density at radius 3 is 3.00 bits per heavy atom. The van der Waals surface area contributed by atoms with Gasteiger partial charge in [0.05, 0.1) is 17.2 Å². The second kappa shape index (κ2) is 5.58. The Morgan fingerprint density at radius 1 is 1.62 bits per heavy atom. The molecule has 0 aliphatic heterocycles. The third kappa shape index (κ3) is 3.15. The fourth-order valence-corrected chi connectivity index (χ4v) is 1.17. The van der Waals surface area contributed by atoms with Gasteiger partial charge in [0.1, 0.15) is 6.10 Å². The number of carbonyl (C=O) groups is 1. The Kier molecular flexibility index (Phi) is 4.12. The molecule has 0 saturated heterocycles. The van der Waals surface area contributed by atoms with E-state index in [1.165, 1.54) is 6.07 Å². The van der Waals surface area contributed by atoms with E-state index in [2.05, 4.69) is 5.92 Å². The molecule has 0 bridgehead atoms. The number of terminal acetylenes is 1. The molecule has 80 valence electrons. The lowest BCUT2D eigenvalue weighted by Crippen LogP contribution is -2.14. The van der Waals surface area contributed by atoms with Crippen LogP contribution in [0.5, 0.6) is 0 Å². The molecule has 0 N–H and O–H groups in total. The standard InChI is InChI=1S/C13H11NO2/c1-3-5-10(2)16-13(15)12-7-4-6-11(8-12)9-14/h1,4,6-8,10H,5H2,2H3/t10-/m0/s1. The van der Waals surface area contributed by atoms with Gasteiger partial charge >= 0.3 is 5.97 Å². The minimum absolute atomic E-state index is 0.316. The zero-order valence-electron chi connectivity index (χ0n) is 8.93. The third-order valence-corrected chi connectivity index (χ3v) is 1.94. The molecule has 1 atom stereocenters. The van der Waals surface area contributed by atoms with Crippen molar-refractivity contribution in [2.45, 2.75) is 19.4 Å². The minimum Gasteiger partial charge on any atom is -0.458 e. The first-order chi connectivity index (χ1) is 7.67. The van der Waals surface area contributed by atoms with Crippen molar-refractivity contribution in [3.63, 3.8) is 0 Å².